The predicted octanol–water partition coefficient (Wildman–Crippen LogP) is -7.96. The second-order valence-electron chi connectivity index (χ2n) is 29.9. The molecule has 10 unspecified atom stereocenters. The lowest BCUT2D eigenvalue weighted by Gasteiger charge is -2.08. The molecule has 10 atom stereocenters. The minimum absolute atomic E-state index is 0.0168. The Bertz CT molecular complexity index is 3620. The lowest BCUT2D eigenvalue weighted by Crippen LogP contribution is -2.36. The van der Waals surface area contributed by atoms with Gasteiger partial charge in [0, 0.05) is 128 Å². The molecule has 836 valence electrons. The summed E-state index contributed by atoms with van der Waals surface area (Å²) in [4.78, 5) is 267. The minimum atomic E-state index is -1.06. The lowest BCUT2D eigenvalue weighted by molar-refractivity contribution is -0.141. The van der Waals surface area contributed by atoms with E-state index in [9.17, 15) is 120 Å². The van der Waals surface area contributed by atoms with Crippen molar-refractivity contribution in [1.82, 2.24) is 19.6 Å². The maximum atomic E-state index is 11.0. The predicted molar refractivity (Wildman–Crippen MR) is 555 cm³/mol. The van der Waals surface area contributed by atoms with Gasteiger partial charge in [0.15, 0.2) is 11.9 Å². The van der Waals surface area contributed by atoms with Gasteiger partial charge in [-0.05, 0) is 95.8 Å². The molecule has 0 spiro atoms. The van der Waals surface area contributed by atoms with Crippen LogP contribution < -0.4 is 115 Å². The van der Waals surface area contributed by atoms with Crippen molar-refractivity contribution in [2.45, 2.75) is 268 Å². The van der Waals surface area contributed by atoms with Gasteiger partial charge in [-0.15, -0.1) is 0 Å². The number of aliphatic imine (C=N–C) groups is 2. The quantitative estimate of drug-likeness (QED) is 0.00672. The van der Waals surface area contributed by atoms with Crippen molar-refractivity contribution in [3.05, 3.63) is 0 Å². The van der Waals surface area contributed by atoms with Gasteiger partial charge >= 0.3 is 29.8 Å². The van der Waals surface area contributed by atoms with Gasteiger partial charge in [0.05, 0.1) is 60.2 Å². The number of nitrogens with two attached hydrogens (primary N) is 20. The number of thiol groups is 5. The molecule has 0 bridgehead atoms. The van der Waals surface area contributed by atoms with Crippen LogP contribution in [0.5, 0.6) is 0 Å². The second kappa shape index (κ2) is 111. The highest BCUT2D eigenvalue weighted by atomic mass is 32.1. The van der Waals surface area contributed by atoms with Crippen molar-refractivity contribution in [3.63, 3.8) is 0 Å². The van der Waals surface area contributed by atoms with Crippen molar-refractivity contribution >= 4 is 226 Å². The Morgan fingerprint density at radius 2 is 0.792 bits per heavy atom. The van der Waals surface area contributed by atoms with Crippen LogP contribution in [-0.2, 0) is 120 Å². The molecule has 4 rings (SSSR count). The van der Waals surface area contributed by atoms with E-state index in [4.69, 9.17) is 134 Å². The molecule has 45 N–H and O–H groups in total. The zero-order valence-electron chi connectivity index (χ0n) is 83.0. The standard InChI is InChI=1S/2C6H14N4O.C6H8N2O3.C6H7NO3S.C6H9NO2S.C6H9NO2.2C6H13NO2.2C5H9NO3.2C5H11NO.2C3H8N2O.C3H7NO2S.2C3H7NOS/c7-5(4-11)2-1-3-10-6(8)9;7-5(11)3-1-2-4-10-6(8)9;7-4-3-5(10)8(1-2-9)6(4)11;8-2-1-7-5(9)3-4(11)6(7)10;1-2-7-5(8)3-4(10)6(7)9;1-2-7-5(8)3-4-6(7)9;1-2-3-4-5(7)6(8)9;7-5-3-1-2-4-6(8)9;6-4(5(8)9)2-1-3-7;6-4(7)2-1-3-5(8)9;1-4(2)5(6)3-7;1-4(2)3-5(6)7;4-1-3(5)2-6;4-2-1-3(5)6;4-2(1-7)3(5)6;4-3(1-5)2-6;4-3(5)1-2-6/h4-5H,1-3,7H2,(H4,8,9,10);1-4H2,(H2,7,11)(H4,8,9,10);2,4H,1,3,7H2;2,4,11H,1,3H2;4,10H,2-3H2,1H3;2-4H2,1H3;5H,2-4,7H2,1H3,(H,8,9);1-5,7H2,(H,8,9);3-4H,1-2,6H2,(H,8,9);1-3H2,(H2,6,7)(H,8,9);3-5H,6H2,1-2H3;4H,3H2,1-2H3,(H2,6,7);2-3H,1,4-5H2;1-2,4H2,(H2,5,6);2,7H,1,4H2,(H,5,6);1,3,6H,2,4H2;6H,1-2H2,(H2,4,5). The maximum absolute atomic E-state index is 11.0. The Labute approximate surface area is 866 Å². The molecule has 56 nitrogen and oxygen atoms in total. The van der Waals surface area contributed by atoms with Crippen LogP contribution in [0.25, 0.3) is 0 Å². The average Bonchev–Trinajstić information content (AvgIpc) is 1.71. The normalized spacial score (nSPS) is 14.8. The summed E-state index contributed by atoms with van der Waals surface area (Å²) < 4.78 is 0. The highest BCUT2D eigenvalue weighted by Crippen LogP contribution is 2.18. The van der Waals surface area contributed by atoms with Gasteiger partial charge in [-0.1, -0.05) is 53.9 Å². The van der Waals surface area contributed by atoms with Crippen LogP contribution in [0.4, 0.5) is 0 Å². The van der Waals surface area contributed by atoms with Gasteiger partial charge in [0.2, 0.25) is 76.8 Å². The fourth-order valence-electron chi connectivity index (χ4n) is 8.02. The average molecular weight is 2170 g/mol. The topological polar surface area (TPSA) is 1090 Å². The third-order valence-electron chi connectivity index (χ3n) is 15.9. The number of guanidine groups is 2. The molecule has 4 heterocycles. The van der Waals surface area contributed by atoms with Gasteiger partial charge in [-0.2, -0.15) is 63.1 Å². The number of unbranched alkanes of at least 4 members (excludes halogenated alkanes) is 4. The van der Waals surface area contributed by atoms with Crippen molar-refractivity contribution < 1.29 is 145 Å². The summed E-state index contributed by atoms with van der Waals surface area (Å²) in [6.07, 6.45) is 16.5. The largest absolute Gasteiger partial charge is 0.481 e. The van der Waals surface area contributed by atoms with Gasteiger partial charge in [0.1, 0.15) is 62.1 Å². The first-order chi connectivity index (χ1) is 66.9. The lowest BCUT2D eigenvalue weighted by atomic mass is 10.1. The van der Waals surface area contributed by atoms with Crippen LogP contribution in [0.3, 0.4) is 0 Å². The molecule has 0 aromatic rings. The van der Waals surface area contributed by atoms with E-state index in [1.807, 2.05) is 34.6 Å². The van der Waals surface area contributed by atoms with Crippen molar-refractivity contribution in [3.8, 4) is 0 Å². The maximum Gasteiger partial charge on any atom is 0.321 e. The number of carboxylic acids is 5. The molecule has 4 aliphatic rings. The van der Waals surface area contributed by atoms with Gasteiger partial charge in [0.25, 0.3) is 0 Å². The smallest absolute Gasteiger partial charge is 0.321 e. The summed E-state index contributed by atoms with van der Waals surface area (Å²) in [5, 5.41) is 39.8. The number of hydrogen-bond acceptors (Lipinski definition) is 43. The number of aldehydes is 7. The molecule has 0 aromatic heterocycles. The van der Waals surface area contributed by atoms with Crippen molar-refractivity contribution in [2.24, 2.45) is 136 Å². The zero-order chi connectivity index (χ0) is 115. The van der Waals surface area contributed by atoms with Crippen molar-refractivity contribution in [2.75, 3.05) is 76.2 Å². The third kappa shape index (κ3) is 121. The molecule has 0 saturated carbocycles. The molecule has 144 heavy (non-hydrogen) atoms. The van der Waals surface area contributed by atoms with Gasteiger partial charge < -0.3 is 174 Å². The van der Waals surface area contributed by atoms with Crippen molar-refractivity contribution in [1.29, 1.82) is 0 Å². The van der Waals surface area contributed by atoms with E-state index >= 15 is 0 Å². The minimum Gasteiger partial charge on any atom is -0.481 e. The molecule has 4 aliphatic heterocycles. The zero-order valence-corrected chi connectivity index (χ0v) is 87.5. The number of nitrogens with zero attached hydrogens (tertiary/aromatic N) is 6. The second-order valence-corrected chi connectivity index (χ2v) is 32.3. The number of amides is 13. The molecular weight excluding hydrogens is 2000 g/mol. The van der Waals surface area contributed by atoms with E-state index in [0.717, 1.165) is 73.7 Å². The van der Waals surface area contributed by atoms with Crippen LogP contribution in [0.15, 0.2) is 9.98 Å². The fraction of sp³-hybridized carbons (Fsp3) is 0.675. The highest BCUT2D eigenvalue weighted by Gasteiger charge is 2.37. The summed E-state index contributed by atoms with van der Waals surface area (Å²) in [5.41, 5.74) is 100. The number of likely N-dealkylation sites (tertiary alicyclic amines) is 4. The molecular formula is C83H164N26O30S5. The molecule has 13 amide bonds. The van der Waals surface area contributed by atoms with Crippen LogP contribution in [0, 0.1) is 11.8 Å². The summed E-state index contributed by atoms with van der Waals surface area (Å²) in [7, 11) is 0. The van der Waals surface area contributed by atoms with E-state index in [1.165, 1.54) is 9.80 Å². The first-order valence-corrected chi connectivity index (χ1v) is 47.3. The SMILES string of the molecule is CC(C)C(N)C=O.CC(C)CC(N)=O.CCCCC(N)C(=O)O.CCN1C(=O)CC(S)C1=O.CCN1C(=O)CCC1=O.NC(=O)CCCC(=O)O.NC(=O)CCCCN=C(N)N.NC(=O)CCS.NC(C=O)CS.NC(CCC=O)C(=O)O.NC(CS)C(=O)O.NC(N)=NCCCC(N)C=O.NC1CC(=O)N(CC=O)C1=O.NCC(N)C=O.NCCC(N)=O.NCCCCCC(=O)O.O=CCN1C(=O)CC(S)C1=O. The Morgan fingerprint density at radius 1 is 0.403 bits per heavy atom. The number of carbonyl (C=O) groups is 25. The number of primary amides is 5. The third-order valence-corrected chi connectivity index (χ3v) is 17.8. The Balaban J connectivity index is -0.000000116. The fourth-order valence-corrected chi connectivity index (χ4v) is 9.08. The van der Waals surface area contributed by atoms with Crippen LogP contribution in [0.1, 0.15) is 209 Å². The van der Waals surface area contributed by atoms with E-state index in [2.05, 4.69) is 78.9 Å². The van der Waals surface area contributed by atoms with Gasteiger partial charge in [-0.25, -0.2) is 0 Å². The summed E-state index contributed by atoms with van der Waals surface area (Å²) >= 11 is 19.0. The number of rotatable bonds is 47. The van der Waals surface area contributed by atoms with Crippen LogP contribution in [0.2, 0.25) is 0 Å². The Hall–Kier alpha value is -11.2. The summed E-state index contributed by atoms with van der Waals surface area (Å²) in [6.45, 7) is 16.4. The number of carbonyl (C=O) groups excluding carboxylic acids is 20. The molecule has 4 saturated heterocycles. The summed E-state index contributed by atoms with van der Waals surface area (Å²) in [5.74, 6) is -5.95. The Kier molecular flexibility index (Phi) is 123. The van der Waals surface area contributed by atoms with E-state index in [1.54, 1.807) is 13.8 Å². The Morgan fingerprint density at radius 3 is 1.01 bits per heavy atom. The molecule has 0 aromatic carbocycles. The monoisotopic (exact) mass is 2170 g/mol. The van der Waals surface area contributed by atoms with E-state index < -0.39 is 82.4 Å². The number of carboxylic acid groups (broad SMARTS) is 5. The molecule has 4 fully saturated rings. The van der Waals surface area contributed by atoms with Gasteiger partial charge in [-0.3, -0.25) is 116 Å². The van der Waals surface area contributed by atoms with E-state index in [-0.39, 0.29) is 178 Å². The van der Waals surface area contributed by atoms with E-state index in [0.29, 0.717) is 146 Å². The number of aliphatic carboxylic acids is 5. The molecule has 0 radical (unpaired) electrons. The first-order valence-electron chi connectivity index (χ1n) is 44.4. The molecule has 61 heteroatoms. The molecule has 0 aliphatic carbocycles. The summed E-state index contributed by atoms with van der Waals surface area (Å²) in [6, 6.07) is -4.63. The number of imide groups is 4. The first kappa shape index (κ1) is 161. The highest BCUT2D eigenvalue weighted by molar-refractivity contribution is 7.82. The number of hydrogen-bond donors (Lipinski definition) is 30. The van der Waals surface area contributed by atoms with Crippen LogP contribution in [-0.4, -0.2) is 343 Å². The van der Waals surface area contributed by atoms with Crippen LogP contribution >= 0.6 is 63.1 Å².